The normalized spacial score (nSPS) is 14.9. The molecule has 0 spiro atoms. The number of phosphoric ester groups is 1. The van der Waals surface area contributed by atoms with Gasteiger partial charge in [0, 0.05) is 12.8 Å². The molecule has 0 aromatic heterocycles. The molecule has 0 aromatic rings. The van der Waals surface area contributed by atoms with Crippen molar-refractivity contribution in [2.24, 2.45) is 0 Å². The van der Waals surface area contributed by atoms with Gasteiger partial charge in [0.05, 0.1) is 33.9 Å². The van der Waals surface area contributed by atoms with Gasteiger partial charge in [0.1, 0.15) is 19.8 Å². The third-order valence-electron chi connectivity index (χ3n) is 8.80. The van der Waals surface area contributed by atoms with Gasteiger partial charge in [0.2, 0.25) is 0 Å². The number of rotatable bonds is 38. The minimum Gasteiger partial charge on any atom is -0.756 e. The molecule has 0 amide bonds. The Balaban J connectivity index is 4.64. The van der Waals surface area contributed by atoms with Crippen molar-refractivity contribution in [1.82, 2.24) is 0 Å². The van der Waals surface area contributed by atoms with Crippen LogP contribution in [0.2, 0.25) is 0 Å². The van der Waals surface area contributed by atoms with Crippen molar-refractivity contribution in [3.8, 4) is 0 Å². The van der Waals surface area contributed by atoms with E-state index in [4.69, 9.17) is 18.5 Å². The minimum absolute atomic E-state index is 0.0108. The SMILES string of the molecule is CCCCC/C=C\C/C=C\C/C=C\CCCCC(=O)OC[C@H](COP(=O)([O-])OCC[N+](C)(C)C)OC(=O)CCCC(O)/C=C/C=C/C/C=C/CCCCCCCC. The molecule has 328 valence electrons. The Bertz CT molecular complexity index is 1220. The largest absolute Gasteiger partial charge is 0.756 e. The van der Waals surface area contributed by atoms with E-state index in [0.29, 0.717) is 30.3 Å². The molecule has 0 rings (SSSR count). The average Bonchev–Trinajstić information content (AvgIpc) is 3.15. The number of unbranched alkanes of at least 4 members (excludes halogenated alkanes) is 11. The van der Waals surface area contributed by atoms with E-state index >= 15 is 0 Å². The maximum Gasteiger partial charge on any atom is 0.306 e. The summed E-state index contributed by atoms with van der Waals surface area (Å²) >= 11 is 0. The van der Waals surface area contributed by atoms with Crippen molar-refractivity contribution in [3.05, 3.63) is 72.9 Å². The van der Waals surface area contributed by atoms with Gasteiger partial charge in [-0.2, -0.15) is 0 Å². The van der Waals surface area contributed by atoms with Crippen LogP contribution in [0.1, 0.15) is 149 Å². The highest BCUT2D eigenvalue weighted by Crippen LogP contribution is 2.38. The zero-order valence-corrected chi connectivity index (χ0v) is 37.3. The van der Waals surface area contributed by atoms with Gasteiger partial charge in [0.15, 0.2) is 6.10 Å². The third-order valence-corrected chi connectivity index (χ3v) is 9.77. The number of allylic oxidation sites excluding steroid dienone is 11. The van der Waals surface area contributed by atoms with E-state index in [1.54, 1.807) is 12.2 Å². The molecular weight excluding hydrogens is 741 g/mol. The Labute approximate surface area is 347 Å². The second-order valence-corrected chi connectivity index (χ2v) is 17.0. The van der Waals surface area contributed by atoms with Crippen LogP contribution < -0.4 is 4.89 Å². The molecular formula is C46H80NO9P. The number of likely N-dealkylation sites (N-methyl/N-ethyl adjacent to an activating group) is 1. The fourth-order valence-electron chi connectivity index (χ4n) is 5.32. The Kier molecular flexibility index (Phi) is 36.0. The second kappa shape index (κ2) is 37.7. The van der Waals surface area contributed by atoms with E-state index in [0.717, 1.165) is 44.9 Å². The van der Waals surface area contributed by atoms with Crippen LogP contribution in [0.4, 0.5) is 0 Å². The summed E-state index contributed by atoms with van der Waals surface area (Å²) in [5.74, 6) is -1.08. The molecule has 2 unspecified atom stereocenters. The second-order valence-electron chi connectivity index (χ2n) is 15.5. The standard InChI is InChI=1S/C46H80NO9P/c1-6-8-10-12-14-16-18-20-21-23-25-27-29-31-33-37-45(49)53-41-44(42-55-57(51,52)54-40-39-47(3,4)5)56-46(50)38-34-36-43(48)35-32-30-28-26-24-22-19-17-15-13-11-9-7-2/h14,16,20-22,24-25,27-28,30,32,35,43-44,48H,6-13,15,17-19,23,26,29,31,33-34,36-42H2,1-5H3/b16-14-,21-20-,24-22+,27-25-,30-28+,35-32+/t43?,44-/m1/s1. The molecule has 0 radical (unpaired) electrons. The van der Waals surface area contributed by atoms with Crippen LogP contribution in [0.25, 0.3) is 0 Å². The lowest BCUT2D eigenvalue weighted by Crippen LogP contribution is -2.37. The summed E-state index contributed by atoms with van der Waals surface area (Å²) in [7, 11) is 1.02. The molecule has 0 saturated carbocycles. The summed E-state index contributed by atoms with van der Waals surface area (Å²) in [5.41, 5.74) is 0. The number of quaternary nitrogens is 1. The van der Waals surface area contributed by atoms with Crippen molar-refractivity contribution < 1.29 is 47.2 Å². The first kappa shape index (κ1) is 54.4. The smallest absolute Gasteiger partial charge is 0.306 e. The number of aliphatic hydroxyl groups is 1. The van der Waals surface area contributed by atoms with Gasteiger partial charge in [0.25, 0.3) is 7.82 Å². The molecule has 57 heavy (non-hydrogen) atoms. The summed E-state index contributed by atoms with van der Waals surface area (Å²) in [5, 5.41) is 10.3. The van der Waals surface area contributed by atoms with Gasteiger partial charge >= 0.3 is 11.9 Å². The number of esters is 2. The molecule has 0 aliphatic carbocycles. The molecule has 0 aromatic carbocycles. The number of ether oxygens (including phenoxy) is 2. The van der Waals surface area contributed by atoms with E-state index in [-0.39, 0.29) is 26.1 Å². The zero-order valence-electron chi connectivity index (χ0n) is 36.4. The highest BCUT2D eigenvalue weighted by Gasteiger charge is 2.22. The van der Waals surface area contributed by atoms with Crippen molar-refractivity contribution in [3.63, 3.8) is 0 Å². The number of hydrogen-bond acceptors (Lipinski definition) is 9. The van der Waals surface area contributed by atoms with Crippen LogP contribution in [0.15, 0.2) is 72.9 Å². The average molecular weight is 822 g/mol. The lowest BCUT2D eigenvalue weighted by Gasteiger charge is -2.28. The van der Waals surface area contributed by atoms with E-state index < -0.39 is 38.6 Å². The number of carbonyl (C=O) groups excluding carboxylic acids is 2. The van der Waals surface area contributed by atoms with Gasteiger partial charge in [-0.15, -0.1) is 0 Å². The molecule has 0 heterocycles. The fraction of sp³-hybridized carbons (Fsp3) is 0.696. The number of phosphoric acid groups is 1. The van der Waals surface area contributed by atoms with Crippen molar-refractivity contribution in [2.45, 2.75) is 161 Å². The van der Waals surface area contributed by atoms with Crippen LogP contribution in [0.3, 0.4) is 0 Å². The molecule has 10 nitrogen and oxygen atoms in total. The van der Waals surface area contributed by atoms with Crippen LogP contribution in [0.5, 0.6) is 0 Å². The van der Waals surface area contributed by atoms with Crippen LogP contribution in [0, 0.1) is 0 Å². The molecule has 11 heteroatoms. The quantitative estimate of drug-likeness (QED) is 0.0161. The number of carbonyl (C=O) groups is 2. The molecule has 1 N–H and O–H groups in total. The number of aliphatic hydroxyl groups excluding tert-OH is 1. The van der Waals surface area contributed by atoms with Crippen molar-refractivity contribution >= 4 is 19.8 Å². The topological polar surface area (TPSA) is 131 Å². The van der Waals surface area contributed by atoms with Crippen molar-refractivity contribution in [1.29, 1.82) is 0 Å². The Morgan fingerprint density at radius 3 is 1.81 bits per heavy atom. The van der Waals surface area contributed by atoms with Gasteiger partial charge in [-0.05, 0) is 77.0 Å². The van der Waals surface area contributed by atoms with Crippen LogP contribution in [-0.2, 0) is 32.7 Å². The van der Waals surface area contributed by atoms with E-state index in [1.807, 2.05) is 33.3 Å². The third kappa shape index (κ3) is 41.4. The zero-order chi connectivity index (χ0) is 42.3. The Morgan fingerprint density at radius 2 is 1.18 bits per heavy atom. The highest BCUT2D eigenvalue weighted by molar-refractivity contribution is 7.45. The first-order valence-electron chi connectivity index (χ1n) is 21.8. The van der Waals surface area contributed by atoms with E-state index in [2.05, 4.69) is 62.5 Å². The minimum atomic E-state index is -4.69. The van der Waals surface area contributed by atoms with Gasteiger partial charge < -0.3 is 33.0 Å². The summed E-state index contributed by atoms with van der Waals surface area (Å²) < 4.78 is 33.6. The van der Waals surface area contributed by atoms with Gasteiger partial charge in [-0.3, -0.25) is 14.2 Å². The molecule has 0 saturated heterocycles. The lowest BCUT2D eigenvalue weighted by molar-refractivity contribution is -0.870. The fourth-order valence-corrected chi connectivity index (χ4v) is 6.04. The van der Waals surface area contributed by atoms with Gasteiger partial charge in [-0.1, -0.05) is 132 Å². The highest BCUT2D eigenvalue weighted by atomic mass is 31.2. The summed E-state index contributed by atoms with van der Waals surface area (Å²) in [6, 6.07) is 0. The maximum absolute atomic E-state index is 12.7. The van der Waals surface area contributed by atoms with Crippen molar-refractivity contribution in [2.75, 3.05) is 47.5 Å². The monoisotopic (exact) mass is 822 g/mol. The lowest BCUT2D eigenvalue weighted by atomic mass is 10.1. The van der Waals surface area contributed by atoms with Gasteiger partial charge in [-0.25, -0.2) is 0 Å². The molecule has 0 fully saturated rings. The first-order chi connectivity index (χ1) is 27.4. The van der Waals surface area contributed by atoms with E-state index in [9.17, 15) is 24.2 Å². The molecule has 0 aliphatic heterocycles. The maximum atomic E-state index is 12.7. The van der Waals surface area contributed by atoms with Crippen LogP contribution >= 0.6 is 7.82 Å². The molecule has 0 aliphatic rings. The summed E-state index contributed by atoms with van der Waals surface area (Å²) in [4.78, 5) is 37.5. The summed E-state index contributed by atoms with van der Waals surface area (Å²) in [6.07, 6.45) is 42.5. The predicted octanol–water partition coefficient (Wildman–Crippen LogP) is 10.6. The summed E-state index contributed by atoms with van der Waals surface area (Å²) in [6.45, 7) is 3.90. The number of nitrogens with zero attached hydrogens (tertiary/aromatic N) is 1. The predicted molar refractivity (Wildman–Crippen MR) is 232 cm³/mol. The Morgan fingerprint density at radius 1 is 0.649 bits per heavy atom. The Hall–Kier alpha value is -2.59. The number of hydrogen-bond donors (Lipinski definition) is 1. The molecule has 3 atom stereocenters. The molecule has 0 bridgehead atoms. The van der Waals surface area contributed by atoms with Crippen LogP contribution in [-0.4, -0.2) is 81.2 Å². The van der Waals surface area contributed by atoms with E-state index in [1.165, 1.54) is 57.8 Å². The first-order valence-corrected chi connectivity index (χ1v) is 23.2.